The Balaban J connectivity index is 2.66. The summed E-state index contributed by atoms with van der Waals surface area (Å²) in [5, 5.41) is 0. The average Bonchev–Trinajstić information content (AvgIpc) is 2.18. The van der Waals surface area contributed by atoms with Gasteiger partial charge < -0.3 is 0 Å². The third-order valence-electron chi connectivity index (χ3n) is 1.24. The Kier molecular flexibility index (Phi) is 1.85. The zero-order valence-electron chi connectivity index (χ0n) is 5.74. The minimum atomic E-state index is -0.452. The van der Waals surface area contributed by atoms with Gasteiger partial charge >= 0.3 is 0 Å². The minimum Gasteiger partial charge on any atom is -0.298 e. The van der Waals surface area contributed by atoms with E-state index in [0.29, 0.717) is 0 Å². The van der Waals surface area contributed by atoms with Crippen LogP contribution in [0.2, 0.25) is 0 Å². The second-order valence-electron chi connectivity index (χ2n) is 2.13. The number of hydrogen-bond acceptors (Lipinski definition) is 3. The van der Waals surface area contributed by atoms with E-state index in [1.54, 1.807) is 0 Å². The second-order valence-corrected chi connectivity index (χ2v) is 2.13. The van der Waals surface area contributed by atoms with E-state index in [1.807, 2.05) is 0 Å². The molecule has 0 aromatic carbocycles. The molecule has 0 N–H and O–H groups in total. The molecule has 4 nitrogen and oxygen atoms in total. The van der Waals surface area contributed by atoms with Crippen LogP contribution in [0, 0.1) is 6.92 Å². The quantitative estimate of drug-likeness (QED) is 0.492. The molecule has 0 aliphatic carbocycles. The number of carbonyl (C=O) groups excluding carboxylic acids is 3. The van der Waals surface area contributed by atoms with E-state index >= 15 is 0 Å². The molecule has 2 amide bonds. The molecule has 0 aromatic heterocycles. The summed E-state index contributed by atoms with van der Waals surface area (Å²) in [6.45, 7) is 2.83. The van der Waals surface area contributed by atoms with E-state index in [4.69, 9.17) is 0 Å². The first-order valence-corrected chi connectivity index (χ1v) is 2.99. The lowest BCUT2D eigenvalue weighted by atomic mass is 10.4. The van der Waals surface area contributed by atoms with E-state index in [9.17, 15) is 14.4 Å². The normalized spacial score (nSPS) is 16.3. The van der Waals surface area contributed by atoms with Crippen LogP contribution in [0.5, 0.6) is 0 Å². The molecule has 0 unspecified atom stereocenters. The molecule has 0 saturated carbocycles. The van der Waals surface area contributed by atoms with Crippen molar-refractivity contribution in [2.75, 3.05) is 6.54 Å². The number of nitrogens with zero attached hydrogens (tertiary/aromatic N) is 1. The Morgan fingerprint density at radius 2 is 1.82 bits per heavy atom. The predicted molar refractivity (Wildman–Crippen MR) is 36.2 cm³/mol. The van der Waals surface area contributed by atoms with Crippen molar-refractivity contribution >= 4 is 17.6 Å². The van der Waals surface area contributed by atoms with Crippen LogP contribution in [-0.4, -0.2) is 29.0 Å². The number of hydrogen-bond donors (Lipinski definition) is 0. The zero-order valence-corrected chi connectivity index (χ0v) is 5.74. The maximum Gasteiger partial charge on any atom is 0.254 e. The van der Waals surface area contributed by atoms with Gasteiger partial charge in [-0.2, -0.15) is 0 Å². The van der Waals surface area contributed by atoms with Crippen LogP contribution in [0.4, 0.5) is 0 Å². The van der Waals surface area contributed by atoms with Crippen molar-refractivity contribution in [1.29, 1.82) is 0 Å². The molecule has 1 rings (SSSR count). The largest absolute Gasteiger partial charge is 0.298 e. The topological polar surface area (TPSA) is 54.5 Å². The molecule has 0 atom stereocenters. The smallest absolute Gasteiger partial charge is 0.254 e. The Hall–Kier alpha value is -1.45. The van der Waals surface area contributed by atoms with Crippen molar-refractivity contribution in [3.05, 3.63) is 19.1 Å². The standard InChI is InChI=1S/C7H6NO3/c1-5(9)4-8-6(10)2-3-7(8)11/h2-3H,1,4H2. The van der Waals surface area contributed by atoms with Gasteiger partial charge in [-0.25, -0.2) is 0 Å². The molecule has 1 radical (unpaired) electrons. The van der Waals surface area contributed by atoms with Gasteiger partial charge in [0.2, 0.25) is 0 Å². The van der Waals surface area contributed by atoms with E-state index in [1.165, 1.54) is 0 Å². The van der Waals surface area contributed by atoms with Gasteiger partial charge in [0.25, 0.3) is 11.8 Å². The number of Topliss-reactive ketones (excluding diaryl/α,β-unsaturated/α-hetero) is 1. The van der Waals surface area contributed by atoms with Crippen LogP contribution < -0.4 is 0 Å². The summed E-state index contributed by atoms with van der Waals surface area (Å²) in [5.41, 5.74) is 0. The van der Waals surface area contributed by atoms with Gasteiger partial charge in [-0.3, -0.25) is 19.3 Å². The van der Waals surface area contributed by atoms with Gasteiger partial charge in [-0.1, -0.05) is 0 Å². The van der Waals surface area contributed by atoms with Crippen molar-refractivity contribution < 1.29 is 14.4 Å². The minimum absolute atomic E-state index is 0.231. The van der Waals surface area contributed by atoms with Crippen LogP contribution in [0.3, 0.4) is 0 Å². The molecule has 1 heterocycles. The third kappa shape index (κ3) is 1.52. The van der Waals surface area contributed by atoms with E-state index in [0.717, 1.165) is 17.1 Å². The van der Waals surface area contributed by atoms with Crippen molar-refractivity contribution in [3.63, 3.8) is 0 Å². The first-order chi connectivity index (χ1) is 5.11. The number of imide groups is 1. The lowest BCUT2D eigenvalue weighted by Gasteiger charge is -2.09. The summed E-state index contributed by atoms with van der Waals surface area (Å²) in [4.78, 5) is 32.8. The highest BCUT2D eigenvalue weighted by Crippen LogP contribution is 2.01. The summed E-state index contributed by atoms with van der Waals surface area (Å²) in [6, 6.07) is 0. The molecule has 0 aromatic rings. The fourth-order valence-electron chi connectivity index (χ4n) is 0.763. The fourth-order valence-corrected chi connectivity index (χ4v) is 0.763. The average molecular weight is 152 g/mol. The van der Waals surface area contributed by atoms with E-state index < -0.39 is 17.6 Å². The van der Waals surface area contributed by atoms with E-state index in [-0.39, 0.29) is 6.54 Å². The number of amides is 2. The third-order valence-corrected chi connectivity index (χ3v) is 1.24. The predicted octanol–water partition coefficient (Wildman–Crippen LogP) is -0.685. The molecule has 0 spiro atoms. The molecule has 11 heavy (non-hydrogen) atoms. The van der Waals surface area contributed by atoms with Crippen LogP contribution >= 0.6 is 0 Å². The number of carbonyl (C=O) groups is 3. The molecule has 57 valence electrons. The Morgan fingerprint density at radius 1 is 1.36 bits per heavy atom. The van der Waals surface area contributed by atoms with Crippen LogP contribution in [-0.2, 0) is 14.4 Å². The number of ketones is 1. The van der Waals surface area contributed by atoms with Crippen LogP contribution in [0.15, 0.2) is 12.2 Å². The highest BCUT2D eigenvalue weighted by atomic mass is 16.2. The first-order valence-electron chi connectivity index (χ1n) is 2.99. The van der Waals surface area contributed by atoms with Gasteiger partial charge in [0.05, 0.1) is 6.54 Å². The second kappa shape index (κ2) is 2.65. The molecule has 4 heteroatoms. The molecular weight excluding hydrogens is 146 g/mol. The van der Waals surface area contributed by atoms with Gasteiger partial charge in [-0.05, 0) is 0 Å². The SMILES string of the molecule is [CH2]C(=O)CN1C(=O)C=CC1=O. The number of rotatable bonds is 2. The van der Waals surface area contributed by atoms with Gasteiger partial charge in [0.15, 0.2) is 5.78 Å². The van der Waals surface area contributed by atoms with Crippen LogP contribution in [0.1, 0.15) is 0 Å². The Labute approximate surface area is 63.5 Å². The van der Waals surface area contributed by atoms with Gasteiger partial charge in [-0.15, -0.1) is 0 Å². The van der Waals surface area contributed by atoms with Gasteiger partial charge in [0, 0.05) is 19.1 Å². The van der Waals surface area contributed by atoms with Crippen molar-refractivity contribution in [2.45, 2.75) is 0 Å². The Morgan fingerprint density at radius 3 is 2.18 bits per heavy atom. The molecule has 0 bridgehead atoms. The highest BCUT2D eigenvalue weighted by Gasteiger charge is 2.23. The fraction of sp³-hybridized carbons (Fsp3) is 0.143. The maximum atomic E-state index is 10.8. The highest BCUT2D eigenvalue weighted by molar-refractivity contribution is 6.14. The lowest BCUT2D eigenvalue weighted by molar-refractivity contribution is -0.139. The van der Waals surface area contributed by atoms with Crippen molar-refractivity contribution in [2.24, 2.45) is 0 Å². The molecule has 0 saturated heterocycles. The zero-order chi connectivity index (χ0) is 8.43. The summed E-state index contributed by atoms with van der Waals surface area (Å²) in [6.07, 6.45) is 2.26. The van der Waals surface area contributed by atoms with Crippen molar-refractivity contribution in [3.8, 4) is 0 Å². The summed E-state index contributed by atoms with van der Waals surface area (Å²) in [5.74, 6) is -1.35. The van der Waals surface area contributed by atoms with Crippen molar-refractivity contribution in [1.82, 2.24) is 4.90 Å². The van der Waals surface area contributed by atoms with Gasteiger partial charge in [0.1, 0.15) is 0 Å². The first kappa shape index (κ1) is 7.65. The Bertz CT molecular complexity index is 236. The van der Waals surface area contributed by atoms with E-state index in [2.05, 4.69) is 6.92 Å². The molecule has 1 aliphatic rings. The monoisotopic (exact) mass is 152 g/mol. The summed E-state index contributed by atoms with van der Waals surface area (Å²) >= 11 is 0. The summed E-state index contributed by atoms with van der Waals surface area (Å²) in [7, 11) is 0. The lowest BCUT2D eigenvalue weighted by Crippen LogP contribution is -2.34. The molecule has 0 fully saturated rings. The molecular formula is C7H6NO3. The maximum absolute atomic E-state index is 10.8. The molecule has 1 aliphatic heterocycles. The summed E-state index contributed by atoms with van der Waals surface area (Å²) < 4.78 is 0. The van der Waals surface area contributed by atoms with Crippen LogP contribution in [0.25, 0.3) is 0 Å².